The standard InChI is InChI=1S/C13H19NO3/c1-9-7-17-8-11(14-9)10-4-5-12(15-2)13(6-10)16-3/h4-6,9,11,14H,7-8H2,1-3H3. The van der Waals surface area contributed by atoms with Gasteiger partial charge in [0.1, 0.15) is 0 Å². The van der Waals surface area contributed by atoms with E-state index in [1.807, 2.05) is 18.2 Å². The molecule has 0 amide bonds. The average Bonchev–Trinajstić information content (AvgIpc) is 2.38. The molecule has 1 N–H and O–H groups in total. The number of benzene rings is 1. The second kappa shape index (κ2) is 5.38. The largest absolute Gasteiger partial charge is 0.493 e. The highest BCUT2D eigenvalue weighted by molar-refractivity contribution is 5.43. The first-order valence-electron chi connectivity index (χ1n) is 5.80. The zero-order chi connectivity index (χ0) is 12.3. The molecule has 0 saturated carbocycles. The fourth-order valence-electron chi connectivity index (χ4n) is 2.06. The Bertz CT molecular complexity index is 381. The fourth-order valence-corrected chi connectivity index (χ4v) is 2.06. The molecule has 4 nitrogen and oxygen atoms in total. The summed E-state index contributed by atoms with van der Waals surface area (Å²) in [5.41, 5.74) is 1.16. The molecule has 1 aliphatic rings. The molecule has 2 unspecified atom stereocenters. The monoisotopic (exact) mass is 237 g/mol. The van der Waals surface area contributed by atoms with Crippen LogP contribution in [0, 0.1) is 0 Å². The van der Waals surface area contributed by atoms with Gasteiger partial charge in [0.2, 0.25) is 0 Å². The third kappa shape index (κ3) is 2.70. The van der Waals surface area contributed by atoms with Crippen LogP contribution in [0.2, 0.25) is 0 Å². The molecule has 0 bridgehead atoms. The predicted molar refractivity (Wildman–Crippen MR) is 65.7 cm³/mol. The van der Waals surface area contributed by atoms with E-state index in [4.69, 9.17) is 14.2 Å². The van der Waals surface area contributed by atoms with Crippen molar-refractivity contribution >= 4 is 0 Å². The van der Waals surface area contributed by atoms with E-state index in [-0.39, 0.29) is 6.04 Å². The SMILES string of the molecule is COc1ccc(C2COCC(C)N2)cc1OC. The molecule has 0 spiro atoms. The van der Waals surface area contributed by atoms with Crippen molar-refractivity contribution in [2.45, 2.75) is 19.0 Å². The number of rotatable bonds is 3. The summed E-state index contributed by atoms with van der Waals surface area (Å²) in [4.78, 5) is 0. The number of methoxy groups -OCH3 is 2. The van der Waals surface area contributed by atoms with E-state index in [1.54, 1.807) is 14.2 Å². The van der Waals surface area contributed by atoms with Gasteiger partial charge in [-0.15, -0.1) is 0 Å². The lowest BCUT2D eigenvalue weighted by Gasteiger charge is -2.29. The van der Waals surface area contributed by atoms with Gasteiger partial charge >= 0.3 is 0 Å². The highest BCUT2D eigenvalue weighted by atomic mass is 16.5. The Labute approximate surface area is 102 Å². The number of hydrogen-bond donors (Lipinski definition) is 1. The Balaban J connectivity index is 2.20. The summed E-state index contributed by atoms with van der Waals surface area (Å²) in [6.45, 7) is 3.58. The van der Waals surface area contributed by atoms with Crippen LogP contribution in [0.4, 0.5) is 0 Å². The normalized spacial score (nSPS) is 24.4. The van der Waals surface area contributed by atoms with E-state index in [1.165, 1.54) is 0 Å². The van der Waals surface area contributed by atoms with Crippen LogP contribution in [0.1, 0.15) is 18.5 Å². The zero-order valence-corrected chi connectivity index (χ0v) is 10.5. The molecule has 0 aliphatic carbocycles. The van der Waals surface area contributed by atoms with E-state index in [9.17, 15) is 0 Å². The molecule has 94 valence electrons. The van der Waals surface area contributed by atoms with Gasteiger partial charge in [0, 0.05) is 6.04 Å². The van der Waals surface area contributed by atoms with Gasteiger partial charge in [-0.05, 0) is 24.6 Å². The minimum atomic E-state index is 0.221. The third-order valence-corrected chi connectivity index (χ3v) is 2.95. The van der Waals surface area contributed by atoms with E-state index in [0.29, 0.717) is 12.6 Å². The lowest BCUT2D eigenvalue weighted by molar-refractivity contribution is 0.0503. The summed E-state index contributed by atoms with van der Waals surface area (Å²) in [5.74, 6) is 1.51. The Morgan fingerprint density at radius 1 is 1.18 bits per heavy atom. The number of morpholine rings is 1. The van der Waals surface area contributed by atoms with Crippen molar-refractivity contribution in [2.75, 3.05) is 27.4 Å². The van der Waals surface area contributed by atoms with Crippen molar-refractivity contribution in [3.05, 3.63) is 23.8 Å². The predicted octanol–water partition coefficient (Wildman–Crippen LogP) is 1.75. The van der Waals surface area contributed by atoms with Crippen LogP contribution in [0.5, 0.6) is 11.5 Å². The first-order valence-corrected chi connectivity index (χ1v) is 5.80. The molecule has 17 heavy (non-hydrogen) atoms. The first-order chi connectivity index (χ1) is 8.24. The van der Waals surface area contributed by atoms with Crippen LogP contribution in [-0.4, -0.2) is 33.5 Å². The Morgan fingerprint density at radius 3 is 2.59 bits per heavy atom. The summed E-state index contributed by atoms with van der Waals surface area (Å²) in [6.07, 6.45) is 0. The van der Waals surface area contributed by atoms with Crippen LogP contribution in [0.3, 0.4) is 0 Å². The fraction of sp³-hybridized carbons (Fsp3) is 0.538. The zero-order valence-electron chi connectivity index (χ0n) is 10.5. The van der Waals surface area contributed by atoms with Crippen molar-refractivity contribution in [1.82, 2.24) is 5.32 Å². The molecule has 2 atom stereocenters. The Morgan fingerprint density at radius 2 is 1.94 bits per heavy atom. The van der Waals surface area contributed by atoms with Crippen LogP contribution in [0.25, 0.3) is 0 Å². The average molecular weight is 237 g/mol. The Hall–Kier alpha value is -1.26. The molecule has 1 saturated heterocycles. The maximum Gasteiger partial charge on any atom is 0.161 e. The maximum absolute atomic E-state index is 5.54. The number of nitrogens with one attached hydrogen (secondary N) is 1. The topological polar surface area (TPSA) is 39.7 Å². The first kappa shape index (κ1) is 12.2. The van der Waals surface area contributed by atoms with Gasteiger partial charge in [-0.2, -0.15) is 0 Å². The summed E-state index contributed by atoms with van der Waals surface area (Å²) in [5, 5.41) is 3.50. The molecule has 1 aliphatic heterocycles. The van der Waals surface area contributed by atoms with Gasteiger partial charge in [-0.3, -0.25) is 0 Å². The highest BCUT2D eigenvalue weighted by Crippen LogP contribution is 2.30. The second-order valence-corrected chi connectivity index (χ2v) is 4.27. The van der Waals surface area contributed by atoms with E-state index in [0.717, 1.165) is 23.7 Å². The summed E-state index contributed by atoms with van der Waals surface area (Å²) in [7, 11) is 3.29. The molecule has 1 aromatic rings. The van der Waals surface area contributed by atoms with Crippen molar-refractivity contribution in [3.8, 4) is 11.5 Å². The molecule has 0 radical (unpaired) electrons. The van der Waals surface area contributed by atoms with Crippen LogP contribution in [-0.2, 0) is 4.74 Å². The Kier molecular flexibility index (Phi) is 3.86. The van der Waals surface area contributed by atoms with Crippen molar-refractivity contribution in [3.63, 3.8) is 0 Å². The van der Waals surface area contributed by atoms with Crippen LogP contribution < -0.4 is 14.8 Å². The molecule has 4 heteroatoms. The van der Waals surface area contributed by atoms with Crippen molar-refractivity contribution in [1.29, 1.82) is 0 Å². The van der Waals surface area contributed by atoms with Gasteiger partial charge in [-0.25, -0.2) is 0 Å². The van der Waals surface area contributed by atoms with Crippen molar-refractivity contribution in [2.24, 2.45) is 0 Å². The van der Waals surface area contributed by atoms with Gasteiger partial charge in [0.25, 0.3) is 0 Å². The van der Waals surface area contributed by atoms with Gasteiger partial charge in [-0.1, -0.05) is 6.07 Å². The number of hydrogen-bond acceptors (Lipinski definition) is 4. The lowest BCUT2D eigenvalue weighted by Crippen LogP contribution is -2.41. The minimum Gasteiger partial charge on any atom is -0.493 e. The quantitative estimate of drug-likeness (QED) is 0.869. The van der Waals surface area contributed by atoms with Crippen LogP contribution >= 0.6 is 0 Å². The summed E-state index contributed by atoms with van der Waals surface area (Å²) >= 11 is 0. The van der Waals surface area contributed by atoms with Crippen molar-refractivity contribution < 1.29 is 14.2 Å². The summed E-state index contributed by atoms with van der Waals surface area (Å²) in [6, 6.07) is 6.56. The van der Waals surface area contributed by atoms with E-state index >= 15 is 0 Å². The molecular formula is C13H19NO3. The van der Waals surface area contributed by atoms with E-state index < -0.39 is 0 Å². The minimum absolute atomic E-state index is 0.221. The van der Waals surface area contributed by atoms with Gasteiger partial charge < -0.3 is 19.5 Å². The molecule has 1 fully saturated rings. The van der Waals surface area contributed by atoms with Gasteiger partial charge in [0.05, 0.1) is 33.5 Å². The third-order valence-electron chi connectivity index (χ3n) is 2.95. The van der Waals surface area contributed by atoms with Crippen LogP contribution in [0.15, 0.2) is 18.2 Å². The van der Waals surface area contributed by atoms with E-state index in [2.05, 4.69) is 12.2 Å². The molecule has 0 aromatic heterocycles. The molecule has 1 aromatic carbocycles. The smallest absolute Gasteiger partial charge is 0.161 e. The molecule has 1 heterocycles. The van der Waals surface area contributed by atoms with Gasteiger partial charge in [0.15, 0.2) is 11.5 Å². The highest BCUT2D eigenvalue weighted by Gasteiger charge is 2.20. The second-order valence-electron chi connectivity index (χ2n) is 4.27. The summed E-state index contributed by atoms with van der Waals surface area (Å²) < 4.78 is 16.1. The molecule has 2 rings (SSSR count). The lowest BCUT2D eigenvalue weighted by atomic mass is 10.0. The number of ether oxygens (including phenoxy) is 3. The maximum atomic E-state index is 5.54. The molecular weight excluding hydrogens is 218 g/mol.